The van der Waals surface area contributed by atoms with Gasteiger partial charge in [0.15, 0.2) is 0 Å². The minimum absolute atomic E-state index is 0.0204. The summed E-state index contributed by atoms with van der Waals surface area (Å²) in [5, 5.41) is 2.41. The minimum atomic E-state index is 0.0204. The van der Waals surface area contributed by atoms with E-state index in [0.717, 1.165) is 6.42 Å². The molecule has 1 atom stereocenters. The van der Waals surface area contributed by atoms with Crippen molar-refractivity contribution in [3.63, 3.8) is 0 Å². The van der Waals surface area contributed by atoms with Crippen LogP contribution in [0.3, 0.4) is 0 Å². The molecule has 19 heavy (non-hydrogen) atoms. The van der Waals surface area contributed by atoms with Gasteiger partial charge in [0.25, 0.3) is 0 Å². The molecule has 2 heteroatoms. The monoisotopic (exact) mass is 248 g/mol. The van der Waals surface area contributed by atoms with Crippen LogP contribution in [0.2, 0.25) is 0 Å². The molecule has 0 saturated heterocycles. The molecule has 0 aliphatic heterocycles. The van der Waals surface area contributed by atoms with Crippen molar-refractivity contribution in [1.82, 2.24) is 4.98 Å². The highest BCUT2D eigenvalue weighted by Gasteiger charge is 2.08. The lowest BCUT2D eigenvalue weighted by molar-refractivity contribution is 0.725. The molecule has 94 valence electrons. The van der Waals surface area contributed by atoms with E-state index in [-0.39, 0.29) is 6.04 Å². The summed E-state index contributed by atoms with van der Waals surface area (Å²) in [6.45, 7) is 0. The van der Waals surface area contributed by atoms with Gasteiger partial charge in [0.05, 0.1) is 0 Å². The first-order valence-electron chi connectivity index (χ1n) is 6.47. The van der Waals surface area contributed by atoms with Gasteiger partial charge >= 0.3 is 0 Å². The van der Waals surface area contributed by atoms with Crippen molar-refractivity contribution in [2.45, 2.75) is 12.5 Å². The first-order chi connectivity index (χ1) is 9.34. The first-order valence-corrected chi connectivity index (χ1v) is 6.47. The molecule has 0 aliphatic rings. The highest BCUT2D eigenvalue weighted by molar-refractivity contribution is 5.84. The van der Waals surface area contributed by atoms with Crippen molar-refractivity contribution in [2.75, 3.05) is 0 Å². The van der Waals surface area contributed by atoms with Crippen LogP contribution in [-0.2, 0) is 6.42 Å². The SMILES string of the molecule is NC(Cc1cccc2ccncc12)c1ccccc1. The van der Waals surface area contributed by atoms with Gasteiger partial charge in [0.2, 0.25) is 0 Å². The fraction of sp³-hybridized carbons (Fsp3) is 0.118. The Morgan fingerprint density at radius 1 is 0.947 bits per heavy atom. The summed E-state index contributed by atoms with van der Waals surface area (Å²) >= 11 is 0. The summed E-state index contributed by atoms with van der Waals surface area (Å²) in [6.07, 6.45) is 4.57. The summed E-state index contributed by atoms with van der Waals surface area (Å²) in [5.41, 5.74) is 8.72. The lowest BCUT2D eigenvalue weighted by atomic mass is 9.96. The maximum atomic E-state index is 6.30. The minimum Gasteiger partial charge on any atom is -0.324 e. The van der Waals surface area contributed by atoms with Crippen molar-refractivity contribution in [1.29, 1.82) is 0 Å². The molecular formula is C17H16N2. The summed E-state index contributed by atoms with van der Waals surface area (Å²) in [4.78, 5) is 4.21. The summed E-state index contributed by atoms with van der Waals surface area (Å²) in [7, 11) is 0. The van der Waals surface area contributed by atoms with E-state index >= 15 is 0 Å². The topological polar surface area (TPSA) is 38.9 Å². The molecule has 0 saturated carbocycles. The Bertz CT molecular complexity index is 672. The van der Waals surface area contributed by atoms with Crippen LogP contribution >= 0.6 is 0 Å². The number of aromatic nitrogens is 1. The largest absolute Gasteiger partial charge is 0.324 e. The van der Waals surface area contributed by atoms with Crippen LogP contribution in [0.25, 0.3) is 10.8 Å². The molecule has 3 aromatic rings. The van der Waals surface area contributed by atoms with E-state index in [0.29, 0.717) is 0 Å². The molecule has 2 N–H and O–H groups in total. The smallest absolute Gasteiger partial charge is 0.0349 e. The highest BCUT2D eigenvalue weighted by Crippen LogP contribution is 2.22. The van der Waals surface area contributed by atoms with Crippen molar-refractivity contribution >= 4 is 10.8 Å². The molecule has 3 rings (SSSR count). The van der Waals surface area contributed by atoms with Gasteiger partial charge < -0.3 is 5.73 Å². The Labute approximate surface area is 112 Å². The number of nitrogens with zero attached hydrogens (tertiary/aromatic N) is 1. The van der Waals surface area contributed by atoms with Crippen LogP contribution in [0.15, 0.2) is 67.0 Å². The third-order valence-corrected chi connectivity index (χ3v) is 3.44. The van der Waals surface area contributed by atoms with E-state index in [4.69, 9.17) is 5.73 Å². The molecular weight excluding hydrogens is 232 g/mol. The second kappa shape index (κ2) is 5.21. The molecule has 0 bridgehead atoms. The van der Waals surface area contributed by atoms with Gasteiger partial charge in [0.1, 0.15) is 0 Å². The van der Waals surface area contributed by atoms with Gasteiger partial charge in [-0.05, 0) is 29.0 Å². The molecule has 0 aliphatic carbocycles. The van der Waals surface area contributed by atoms with Gasteiger partial charge in [-0.2, -0.15) is 0 Å². The van der Waals surface area contributed by atoms with Crippen LogP contribution in [0.4, 0.5) is 0 Å². The van der Waals surface area contributed by atoms with E-state index in [1.807, 2.05) is 36.7 Å². The summed E-state index contributed by atoms with van der Waals surface area (Å²) < 4.78 is 0. The lowest BCUT2D eigenvalue weighted by Gasteiger charge is -2.13. The predicted octanol–water partition coefficient (Wildman–Crippen LogP) is 3.48. The molecule has 1 aromatic heterocycles. The number of fused-ring (bicyclic) bond motifs is 1. The van der Waals surface area contributed by atoms with Crippen LogP contribution in [0.1, 0.15) is 17.2 Å². The van der Waals surface area contributed by atoms with Crippen LogP contribution < -0.4 is 5.73 Å². The van der Waals surface area contributed by atoms with E-state index in [1.54, 1.807) is 0 Å². The summed E-state index contributed by atoms with van der Waals surface area (Å²) in [6, 6.07) is 18.6. The predicted molar refractivity (Wildman–Crippen MR) is 78.8 cm³/mol. The third-order valence-electron chi connectivity index (χ3n) is 3.44. The fourth-order valence-corrected chi connectivity index (χ4v) is 2.41. The zero-order chi connectivity index (χ0) is 13.1. The molecule has 0 spiro atoms. The lowest BCUT2D eigenvalue weighted by Crippen LogP contribution is -2.13. The Balaban J connectivity index is 1.94. The van der Waals surface area contributed by atoms with Gasteiger partial charge in [-0.25, -0.2) is 0 Å². The number of benzene rings is 2. The van der Waals surface area contributed by atoms with Gasteiger partial charge in [-0.1, -0.05) is 48.5 Å². The zero-order valence-electron chi connectivity index (χ0n) is 10.7. The van der Waals surface area contributed by atoms with E-state index in [1.165, 1.54) is 21.9 Å². The standard InChI is InChI=1S/C17H16N2/c18-17(14-5-2-1-3-6-14)11-15-8-4-7-13-9-10-19-12-16(13)15/h1-10,12,17H,11,18H2. The van der Waals surface area contributed by atoms with Crippen molar-refractivity contribution < 1.29 is 0 Å². The number of rotatable bonds is 3. The molecule has 0 radical (unpaired) electrons. The second-order valence-corrected chi connectivity index (χ2v) is 4.74. The third kappa shape index (κ3) is 2.49. The molecule has 2 aromatic carbocycles. The number of nitrogens with two attached hydrogens (primary N) is 1. The van der Waals surface area contributed by atoms with E-state index in [9.17, 15) is 0 Å². The number of hydrogen-bond acceptors (Lipinski definition) is 2. The molecule has 2 nitrogen and oxygen atoms in total. The van der Waals surface area contributed by atoms with Crippen molar-refractivity contribution in [3.8, 4) is 0 Å². The van der Waals surface area contributed by atoms with Crippen LogP contribution in [0.5, 0.6) is 0 Å². The fourth-order valence-electron chi connectivity index (χ4n) is 2.41. The Kier molecular flexibility index (Phi) is 3.25. The van der Waals surface area contributed by atoms with E-state index in [2.05, 4.69) is 35.3 Å². The van der Waals surface area contributed by atoms with E-state index < -0.39 is 0 Å². The number of hydrogen-bond donors (Lipinski definition) is 1. The molecule has 0 amide bonds. The zero-order valence-corrected chi connectivity index (χ0v) is 10.7. The van der Waals surface area contributed by atoms with Gasteiger partial charge in [-0.3, -0.25) is 4.98 Å². The molecule has 1 heterocycles. The van der Waals surface area contributed by atoms with Gasteiger partial charge in [-0.15, -0.1) is 0 Å². The average molecular weight is 248 g/mol. The maximum absolute atomic E-state index is 6.30. The Hall–Kier alpha value is -2.19. The van der Waals surface area contributed by atoms with Crippen LogP contribution in [0, 0.1) is 0 Å². The molecule has 0 fully saturated rings. The normalized spacial score (nSPS) is 12.5. The Morgan fingerprint density at radius 3 is 2.63 bits per heavy atom. The van der Waals surface area contributed by atoms with Crippen molar-refractivity contribution in [2.24, 2.45) is 5.73 Å². The number of pyridine rings is 1. The van der Waals surface area contributed by atoms with Crippen molar-refractivity contribution in [3.05, 3.63) is 78.1 Å². The second-order valence-electron chi connectivity index (χ2n) is 4.74. The van der Waals surface area contributed by atoms with Crippen LogP contribution in [-0.4, -0.2) is 4.98 Å². The highest BCUT2D eigenvalue weighted by atomic mass is 14.6. The molecule has 1 unspecified atom stereocenters. The quantitative estimate of drug-likeness (QED) is 0.770. The average Bonchev–Trinajstić information content (AvgIpc) is 2.48. The first kappa shape index (κ1) is 11.9. The van der Waals surface area contributed by atoms with Gasteiger partial charge in [0, 0.05) is 23.8 Å². The maximum Gasteiger partial charge on any atom is 0.0349 e. The Morgan fingerprint density at radius 2 is 1.79 bits per heavy atom. The summed E-state index contributed by atoms with van der Waals surface area (Å²) in [5.74, 6) is 0.